The Kier molecular flexibility index (Phi) is 8.15. The van der Waals surface area contributed by atoms with Crippen LogP contribution in [0.25, 0.3) is 0 Å². The molecule has 0 aromatic heterocycles. The average Bonchev–Trinajstić information content (AvgIpc) is 2.64. The van der Waals surface area contributed by atoms with E-state index in [0.717, 1.165) is 42.4 Å². The summed E-state index contributed by atoms with van der Waals surface area (Å²) in [6.07, 6.45) is 24.2. The van der Waals surface area contributed by atoms with Crippen molar-refractivity contribution in [1.29, 1.82) is 0 Å². The van der Waals surface area contributed by atoms with E-state index in [1.807, 2.05) is 0 Å². The molecule has 0 bridgehead atoms. The molecule has 0 aliphatic heterocycles. The predicted molar refractivity (Wildman–Crippen MR) is 108 cm³/mol. The molecule has 4 atom stereocenters. The zero-order chi connectivity index (χ0) is 17.5. The molecule has 1 N–H and O–H groups in total. The van der Waals surface area contributed by atoms with E-state index >= 15 is 0 Å². The maximum atomic E-state index is 10.0. The van der Waals surface area contributed by atoms with Crippen molar-refractivity contribution >= 4 is 0 Å². The van der Waals surface area contributed by atoms with Crippen molar-refractivity contribution in [3.05, 3.63) is 0 Å². The highest BCUT2D eigenvalue weighted by atomic mass is 16.3. The van der Waals surface area contributed by atoms with Crippen LogP contribution in [0.2, 0.25) is 0 Å². The quantitative estimate of drug-likeness (QED) is 0.463. The summed E-state index contributed by atoms with van der Waals surface area (Å²) in [5.41, 5.74) is 0. The second-order valence-electron chi connectivity index (χ2n) is 9.82. The third-order valence-corrected chi connectivity index (χ3v) is 8.14. The van der Waals surface area contributed by atoms with E-state index in [9.17, 15) is 5.11 Å². The number of fused-ring (bicyclic) bond motifs is 1. The van der Waals surface area contributed by atoms with E-state index in [2.05, 4.69) is 6.92 Å². The number of hydrogen-bond acceptors (Lipinski definition) is 1. The first-order valence-corrected chi connectivity index (χ1v) is 12.0. The summed E-state index contributed by atoms with van der Waals surface area (Å²) in [7, 11) is 0. The molecule has 1 heteroatoms. The molecule has 1 nitrogen and oxygen atoms in total. The van der Waals surface area contributed by atoms with Crippen molar-refractivity contribution in [2.75, 3.05) is 0 Å². The third-order valence-electron chi connectivity index (χ3n) is 8.14. The fraction of sp³-hybridized carbons (Fsp3) is 1.00. The lowest BCUT2D eigenvalue weighted by atomic mass is 9.59. The molecule has 3 saturated carbocycles. The summed E-state index contributed by atoms with van der Waals surface area (Å²) in [4.78, 5) is 0. The molecule has 0 radical (unpaired) electrons. The van der Waals surface area contributed by atoms with Gasteiger partial charge in [-0.05, 0) is 68.1 Å². The van der Waals surface area contributed by atoms with Gasteiger partial charge in [0.1, 0.15) is 0 Å². The van der Waals surface area contributed by atoms with Gasteiger partial charge in [-0.3, -0.25) is 0 Å². The van der Waals surface area contributed by atoms with Gasteiger partial charge < -0.3 is 5.11 Å². The Bertz CT molecular complexity index is 357. The van der Waals surface area contributed by atoms with Gasteiger partial charge in [-0.25, -0.2) is 0 Å². The lowest BCUT2D eigenvalue weighted by molar-refractivity contribution is -0.00583. The number of unbranched alkanes of at least 4 members (excludes halogenated alkanes) is 5. The Labute approximate surface area is 157 Å². The molecule has 4 unspecified atom stereocenters. The average molecular weight is 349 g/mol. The van der Waals surface area contributed by atoms with E-state index in [4.69, 9.17) is 0 Å². The molecule has 25 heavy (non-hydrogen) atoms. The predicted octanol–water partition coefficient (Wildman–Crippen LogP) is 7.12. The number of aliphatic hydroxyl groups is 1. The first kappa shape index (κ1) is 19.7. The molecule has 0 spiro atoms. The number of hydrogen-bond donors (Lipinski definition) is 1. The van der Waals surface area contributed by atoms with E-state index in [1.165, 1.54) is 96.3 Å². The van der Waals surface area contributed by atoms with Gasteiger partial charge in [-0.2, -0.15) is 0 Å². The van der Waals surface area contributed by atoms with Gasteiger partial charge in [0.15, 0.2) is 0 Å². The van der Waals surface area contributed by atoms with Gasteiger partial charge in [-0.15, -0.1) is 0 Å². The summed E-state index contributed by atoms with van der Waals surface area (Å²) in [5.74, 6) is 4.93. The van der Waals surface area contributed by atoms with Crippen LogP contribution in [-0.2, 0) is 0 Å². The van der Waals surface area contributed by atoms with Crippen LogP contribution in [0.3, 0.4) is 0 Å². The molecule has 3 aliphatic rings. The van der Waals surface area contributed by atoms with E-state index in [1.54, 1.807) is 0 Å². The van der Waals surface area contributed by atoms with Crippen molar-refractivity contribution < 1.29 is 5.11 Å². The minimum atomic E-state index is 0.0214. The number of aliphatic hydroxyl groups excluding tert-OH is 1. The molecule has 0 heterocycles. The highest BCUT2D eigenvalue weighted by molar-refractivity contribution is 4.91. The third kappa shape index (κ3) is 5.72. The first-order valence-electron chi connectivity index (χ1n) is 12.0. The van der Waals surface area contributed by atoms with Crippen molar-refractivity contribution in [3.63, 3.8) is 0 Å². The number of rotatable bonds is 8. The standard InChI is InChI=1S/C24H44O/c1-2-3-4-5-6-7-9-19-12-14-20(15-13-19)23-11-8-10-21-18-22(25)16-17-24(21)23/h19-25H,2-18H2,1H3. The van der Waals surface area contributed by atoms with Crippen LogP contribution in [0.15, 0.2) is 0 Å². The Balaban J connectivity index is 1.35. The van der Waals surface area contributed by atoms with Crippen LogP contribution in [0.1, 0.15) is 116 Å². The molecule has 3 fully saturated rings. The molecular formula is C24H44O. The largest absolute Gasteiger partial charge is 0.393 e. The Morgan fingerprint density at radius 3 is 2.20 bits per heavy atom. The summed E-state index contributed by atoms with van der Waals surface area (Å²) < 4.78 is 0. The fourth-order valence-electron chi connectivity index (χ4n) is 6.69. The van der Waals surface area contributed by atoms with Crippen molar-refractivity contribution in [1.82, 2.24) is 0 Å². The maximum Gasteiger partial charge on any atom is 0.0543 e. The van der Waals surface area contributed by atoms with Crippen molar-refractivity contribution in [3.8, 4) is 0 Å². The van der Waals surface area contributed by atoms with Gasteiger partial charge in [0.05, 0.1) is 6.10 Å². The molecule has 0 saturated heterocycles. The van der Waals surface area contributed by atoms with Gasteiger partial charge in [0, 0.05) is 0 Å². The van der Waals surface area contributed by atoms with Crippen LogP contribution in [0.5, 0.6) is 0 Å². The Morgan fingerprint density at radius 1 is 0.680 bits per heavy atom. The lowest BCUT2D eigenvalue weighted by Crippen LogP contribution is -2.39. The van der Waals surface area contributed by atoms with Gasteiger partial charge in [-0.1, -0.05) is 77.6 Å². The minimum Gasteiger partial charge on any atom is -0.393 e. The summed E-state index contributed by atoms with van der Waals surface area (Å²) in [6, 6.07) is 0. The smallest absolute Gasteiger partial charge is 0.0543 e. The monoisotopic (exact) mass is 348 g/mol. The molecule has 0 amide bonds. The van der Waals surface area contributed by atoms with E-state index < -0.39 is 0 Å². The molecule has 0 aromatic carbocycles. The maximum absolute atomic E-state index is 10.0. The zero-order valence-electron chi connectivity index (χ0n) is 16.9. The van der Waals surface area contributed by atoms with E-state index in [-0.39, 0.29) is 6.10 Å². The molecule has 3 aliphatic carbocycles. The topological polar surface area (TPSA) is 20.2 Å². The second kappa shape index (κ2) is 10.3. The van der Waals surface area contributed by atoms with Crippen molar-refractivity contribution in [2.45, 2.75) is 122 Å². The second-order valence-corrected chi connectivity index (χ2v) is 9.82. The Hall–Kier alpha value is -0.0400. The Morgan fingerprint density at radius 2 is 1.40 bits per heavy atom. The SMILES string of the molecule is CCCCCCCCC1CCC(C2CCCC3CC(O)CCC32)CC1. The van der Waals surface area contributed by atoms with Crippen LogP contribution >= 0.6 is 0 Å². The van der Waals surface area contributed by atoms with Gasteiger partial charge >= 0.3 is 0 Å². The van der Waals surface area contributed by atoms with Crippen LogP contribution in [0, 0.1) is 29.6 Å². The first-order chi connectivity index (χ1) is 12.3. The molecular weight excluding hydrogens is 304 g/mol. The van der Waals surface area contributed by atoms with E-state index in [0.29, 0.717) is 0 Å². The van der Waals surface area contributed by atoms with Gasteiger partial charge in [0.2, 0.25) is 0 Å². The molecule has 0 aromatic rings. The van der Waals surface area contributed by atoms with Crippen LogP contribution < -0.4 is 0 Å². The summed E-state index contributed by atoms with van der Waals surface area (Å²) in [5, 5.41) is 10.0. The van der Waals surface area contributed by atoms with Crippen molar-refractivity contribution in [2.24, 2.45) is 29.6 Å². The highest BCUT2D eigenvalue weighted by Crippen LogP contribution is 2.50. The van der Waals surface area contributed by atoms with Crippen LogP contribution in [-0.4, -0.2) is 11.2 Å². The minimum absolute atomic E-state index is 0.0214. The summed E-state index contributed by atoms with van der Waals surface area (Å²) >= 11 is 0. The molecule has 3 rings (SSSR count). The zero-order valence-corrected chi connectivity index (χ0v) is 16.9. The summed E-state index contributed by atoms with van der Waals surface area (Å²) in [6.45, 7) is 2.31. The highest BCUT2D eigenvalue weighted by Gasteiger charge is 2.41. The van der Waals surface area contributed by atoms with Gasteiger partial charge in [0.25, 0.3) is 0 Å². The normalized spacial score (nSPS) is 39.1. The lowest BCUT2D eigenvalue weighted by Gasteiger charge is -2.47. The molecule has 146 valence electrons. The fourth-order valence-corrected chi connectivity index (χ4v) is 6.69. The van der Waals surface area contributed by atoms with Crippen LogP contribution in [0.4, 0.5) is 0 Å².